The SMILES string of the molecule is CC1(C)CCCN(CCC2CSCCN2)CC1. The predicted octanol–water partition coefficient (Wildman–Crippen LogP) is 2.59. The maximum absolute atomic E-state index is 3.64. The highest BCUT2D eigenvalue weighted by Gasteiger charge is 2.23. The third-order valence-electron chi connectivity index (χ3n) is 4.22. The van der Waals surface area contributed by atoms with Crippen molar-refractivity contribution in [2.24, 2.45) is 5.41 Å². The van der Waals surface area contributed by atoms with Crippen LogP contribution in [0.5, 0.6) is 0 Å². The zero-order chi connectivity index (χ0) is 12.1. The van der Waals surface area contributed by atoms with Gasteiger partial charge in [0.1, 0.15) is 0 Å². The van der Waals surface area contributed by atoms with Crippen molar-refractivity contribution in [1.82, 2.24) is 10.2 Å². The lowest BCUT2D eigenvalue weighted by atomic mass is 9.85. The molecule has 2 saturated heterocycles. The third kappa shape index (κ3) is 4.80. The van der Waals surface area contributed by atoms with Crippen molar-refractivity contribution in [1.29, 1.82) is 0 Å². The summed E-state index contributed by atoms with van der Waals surface area (Å²) < 4.78 is 0. The van der Waals surface area contributed by atoms with Crippen molar-refractivity contribution in [3.05, 3.63) is 0 Å². The Morgan fingerprint density at radius 2 is 2.18 bits per heavy atom. The number of rotatable bonds is 3. The van der Waals surface area contributed by atoms with E-state index < -0.39 is 0 Å². The van der Waals surface area contributed by atoms with Gasteiger partial charge in [0, 0.05) is 24.1 Å². The van der Waals surface area contributed by atoms with E-state index in [9.17, 15) is 0 Å². The van der Waals surface area contributed by atoms with Crippen molar-refractivity contribution in [2.75, 3.05) is 37.7 Å². The Balaban J connectivity index is 1.68. The number of hydrogen-bond acceptors (Lipinski definition) is 3. The molecule has 2 nitrogen and oxygen atoms in total. The third-order valence-corrected chi connectivity index (χ3v) is 5.36. The molecule has 0 bridgehead atoms. The molecule has 2 aliphatic rings. The summed E-state index contributed by atoms with van der Waals surface area (Å²) in [7, 11) is 0. The number of nitrogens with zero attached hydrogens (tertiary/aromatic N) is 1. The maximum atomic E-state index is 3.64. The minimum atomic E-state index is 0.577. The van der Waals surface area contributed by atoms with Gasteiger partial charge in [-0.1, -0.05) is 13.8 Å². The van der Waals surface area contributed by atoms with Crippen molar-refractivity contribution in [2.45, 2.75) is 45.6 Å². The highest BCUT2D eigenvalue weighted by Crippen LogP contribution is 2.29. The van der Waals surface area contributed by atoms with Gasteiger partial charge in [-0.15, -0.1) is 0 Å². The normalized spacial score (nSPS) is 31.1. The number of hydrogen-bond donors (Lipinski definition) is 1. The monoisotopic (exact) mass is 256 g/mol. The second-order valence-electron chi connectivity index (χ2n) is 6.37. The zero-order valence-electron chi connectivity index (χ0n) is 11.5. The van der Waals surface area contributed by atoms with Crippen LogP contribution >= 0.6 is 11.8 Å². The fourth-order valence-corrected chi connectivity index (χ4v) is 3.84. The molecule has 0 radical (unpaired) electrons. The number of nitrogens with one attached hydrogen (secondary N) is 1. The van der Waals surface area contributed by atoms with Crippen molar-refractivity contribution >= 4 is 11.8 Å². The van der Waals surface area contributed by atoms with E-state index in [1.54, 1.807) is 0 Å². The molecule has 0 spiro atoms. The van der Waals surface area contributed by atoms with Gasteiger partial charge in [-0.25, -0.2) is 0 Å². The first-order valence-electron chi connectivity index (χ1n) is 7.19. The lowest BCUT2D eigenvalue weighted by molar-refractivity contribution is 0.251. The van der Waals surface area contributed by atoms with Crippen LogP contribution in [0.2, 0.25) is 0 Å². The fraction of sp³-hybridized carbons (Fsp3) is 1.00. The molecule has 1 atom stereocenters. The molecular weight excluding hydrogens is 228 g/mol. The Bertz CT molecular complexity index is 224. The van der Waals surface area contributed by atoms with Crippen LogP contribution in [0.1, 0.15) is 39.5 Å². The van der Waals surface area contributed by atoms with E-state index in [-0.39, 0.29) is 0 Å². The molecule has 100 valence electrons. The Morgan fingerprint density at radius 1 is 1.29 bits per heavy atom. The van der Waals surface area contributed by atoms with Gasteiger partial charge in [0.05, 0.1) is 0 Å². The molecule has 0 aromatic heterocycles. The minimum Gasteiger partial charge on any atom is -0.312 e. The van der Waals surface area contributed by atoms with Gasteiger partial charge in [0.2, 0.25) is 0 Å². The quantitative estimate of drug-likeness (QED) is 0.835. The van der Waals surface area contributed by atoms with Crippen molar-refractivity contribution < 1.29 is 0 Å². The van der Waals surface area contributed by atoms with E-state index in [1.807, 2.05) is 0 Å². The first-order chi connectivity index (χ1) is 8.16. The molecule has 2 heterocycles. The van der Waals surface area contributed by atoms with Gasteiger partial charge in [0.15, 0.2) is 0 Å². The second kappa shape index (κ2) is 6.44. The molecule has 1 N–H and O–H groups in total. The Kier molecular flexibility index (Phi) is 5.19. The molecule has 2 rings (SSSR count). The van der Waals surface area contributed by atoms with Gasteiger partial charge in [-0.3, -0.25) is 0 Å². The van der Waals surface area contributed by atoms with Crippen LogP contribution in [0.25, 0.3) is 0 Å². The first-order valence-corrected chi connectivity index (χ1v) is 8.35. The van der Waals surface area contributed by atoms with Gasteiger partial charge < -0.3 is 10.2 Å². The summed E-state index contributed by atoms with van der Waals surface area (Å²) >= 11 is 2.11. The summed E-state index contributed by atoms with van der Waals surface area (Å²) in [5.41, 5.74) is 0.577. The topological polar surface area (TPSA) is 15.3 Å². The Morgan fingerprint density at radius 3 is 2.94 bits per heavy atom. The predicted molar refractivity (Wildman–Crippen MR) is 77.8 cm³/mol. The smallest absolute Gasteiger partial charge is 0.0170 e. The van der Waals surface area contributed by atoms with E-state index in [4.69, 9.17) is 0 Å². The zero-order valence-corrected chi connectivity index (χ0v) is 12.3. The molecule has 0 aromatic rings. The lowest BCUT2D eigenvalue weighted by Crippen LogP contribution is -2.40. The highest BCUT2D eigenvalue weighted by atomic mass is 32.2. The summed E-state index contributed by atoms with van der Waals surface area (Å²) in [4.78, 5) is 2.69. The Hall–Kier alpha value is 0.270. The van der Waals surface area contributed by atoms with Crippen molar-refractivity contribution in [3.8, 4) is 0 Å². The number of likely N-dealkylation sites (tertiary alicyclic amines) is 1. The van der Waals surface area contributed by atoms with E-state index in [2.05, 4.69) is 35.8 Å². The van der Waals surface area contributed by atoms with Crippen molar-refractivity contribution in [3.63, 3.8) is 0 Å². The number of thioether (sulfide) groups is 1. The largest absolute Gasteiger partial charge is 0.312 e. The van der Waals surface area contributed by atoms with E-state index in [1.165, 1.54) is 63.4 Å². The van der Waals surface area contributed by atoms with Gasteiger partial charge in [-0.05, 0) is 50.7 Å². The average Bonchev–Trinajstić information content (AvgIpc) is 2.49. The standard InChI is InChI=1S/C14H28N2S/c1-14(2)5-3-8-16(10-6-14)9-4-13-12-17-11-7-15-13/h13,15H,3-12H2,1-2H3. The molecule has 0 saturated carbocycles. The summed E-state index contributed by atoms with van der Waals surface area (Å²) in [5, 5.41) is 3.64. The molecule has 3 heteroatoms. The fourth-order valence-electron chi connectivity index (χ4n) is 2.85. The molecule has 0 amide bonds. The molecular formula is C14H28N2S. The van der Waals surface area contributed by atoms with Crippen LogP contribution in [-0.2, 0) is 0 Å². The molecule has 0 aromatic carbocycles. The van der Waals surface area contributed by atoms with Crippen LogP contribution in [-0.4, -0.2) is 48.6 Å². The van der Waals surface area contributed by atoms with Crippen LogP contribution in [0, 0.1) is 5.41 Å². The van der Waals surface area contributed by atoms with Crippen LogP contribution in [0.3, 0.4) is 0 Å². The van der Waals surface area contributed by atoms with Gasteiger partial charge in [0.25, 0.3) is 0 Å². The summed E-state index contributed by atoms with van der Waals surface area (Å²) in [5.74, 6) is 2.62. The molecule has 2 fully saturated rings. The van der Waals surface area contributed by atoms with Gasteiger partial charge >= 0.3 is 0 Å². The van der Waals surface area contributed by atoms with Crippen LogP contribution in [0.15, 0.2) is 0 Å². The van der Waals surface area contributed by atoms with Gasteiger partial charge in [-0.2, -0.15) is 11.8 Å². The van der Waals surface area contributed by atoms with E-state index in [0.717, 1.165) is 6.04 Å². The summed E-state index contributed by atoms with van der Waals surface area (Å²) in [6.07, 6.45) is 5.51. The average molecular weight is 256 g/mol. The van der Waals surface area contributed by atoms with E-state index >= 15 is 0 Å². The lowest BCUT2D eigenvalue weighted by Gasteiger charge is -2.27. The van der Waals surface area contributed by atoms with Crippen LogP contribution in [0.4, 0.5) is 0 Å². The first kappa shape index (κ1) is 13.7. The maximum Gasteiger partial charge on any atom is 0.0170 e. The molecule has 2 aliphatic heterocycles. The second-order valence-corrected chi connectivity index (χ2v) is 7.52. The summed E-state index contributed by atoms with van der Waals surface area (Å²) in [6.45, 7) is 10.00. The summed E-state index contributed by atoms with van der Waals surface area (Å²) in [6, 6.07) is 0.769. The molecule has 17 heavy (non-hydrogen) atoms. The highest BCUT2D eigenvalue weighted by molar-refractivity contribution is 7.99. The minimum absolute atomic E-state index is 0.577. The van der Waals surface area contributed by atoms with Crippen LogP contribution < -0.4 is 5.32 Å². The van der Waals surface area contributed by atoms with E-state index in [0.29, 0.717) is 5.41 Å². The molecule has 1 unspecified atom stereocenters. The molecule has 0 aliphatic carbocycles. The Labute approximate surface area is 111 Å².